The molecule has 0 heterocycles. The smallest absolute Gasteiger partial charge is 0.313 e. The number of anilines is 1. The van der Waals surface area contributed by atoms with Gasteiger partial charge in [-0.05, 0) is 36.2 Å². The van der Waals surface area contributed by atoms with Crippen LogP contribution in [0.3, 0.4) is 0 Å². The van der Waals surface area contributed by atoms with Crippen LogP contribution in [0.5, 0.6) is 5.75 Å². The Morgan fingerprint density at radius 1 is 1.09 bits per heavy atom. The van der Waals surface area contributed by atoms with Gasteiger partial charge in [-0.25, -0.2) is 4.39 Å². The predicted molar refractivity (Wildman–Crippen MR) is 84.7 cm³/mol. The third kappa shape index (κ3) is 4.81. The van der Waals surface area contributed by atoms with Crippen molar-refractivity contribution in [3.63, 3.8) is 0 Å². The van der Waals surface area contributed by atoms with Crippen molar-refractivity contribution in [2.45, 2.75) is 6.42 Å². The molecule has 0 aromatic heterocycles. The SMILES string of the molecule is COc1ccccc1CCNC(=O)C(=O)Nc1cccc(F)c1. The second-order valence-electron chi connectivity index (χ2n) is 4.78. The highest BCUT2D eigenvalue weighted by Gasteiger charge is 2.13. The van der Waals surface area contributed by atoms with Crippen molar-refractivity contribution >= 4 is 17.5 Å². The van der Waals surface area contributed by atoms with Gasteiger partial charge < -0.3 is 15.4 Å². The molecule has 0 aliphatic rings. The first-order chi connectivity index (χ1) is 11.1. The molecule has 23 heavy (non-hydrogen) atoms. The van der Waals surface area contributed by atoms with E-state index in [2.05, 4.69) is 10.6 Å². The molecule has 0 aliphatic heterocycles. The maximum atomic E-state index is 13.0. The van der Waals surface area contributed by atoms with Gasteiger partial charge in [-0.3, -0.25) is 9.59 Å². The van der Waals surface area contributed by atoms with Crippen molar-refractivity contribution in [2.24, 2.45) is 0 Å². The second kappa shape index (κ2) is 7.93. The van der Waals surface area contributed by atoms with Gasteiger partial charge in [0.25, 0.3) is 0 Å². The number of methoxy groups -OCH3 is 1. The Kier molecular flexibility index (Phi) is 5.68. The Balaban J connectivity index is 1.83. The summed E-state index contributed by atoms with van der Waals surface area (Å²) >= 11 is 0. The fourth-order valence-electron chi connectivity index (χ4n) is 2.05. The number of carbonyl (C=O) groups excluding carboxylic acids is 2. The van der Waals surface area contributed by atoms with E-state index in [4.69, 9.17) is 4.74 Å². The maximum Gasteiger partial charge on any atom is 0.313 e. The molecule has 0 bridgehead atoms. The summed E-state index contributed by atoms with van der Waals surface area (Å²) in [5.74, 6) is -1.37. The molecule has 0 saturated heterocycles. The van der Waals surface area contributed by atoms with Gasteiger partial charge in [0.1, 0.15) is 11.6 Å². The zero-order valence-corrected chi connectivity index (χ0v) is 12.6. The Morgan fingerprint density at radius 3 is 2.61 bits per heavy atom. The molecule has 0 atom stereocenters. The van der Waals surface area contributed by atoms with Gasteiger partial charge in [-0.15, -0.1) is 0 Å². The number of halogens is 1. The van der Waals surface area contributed by atoms with E-state index < -0.39 is 17.6 Å². The number of hydrogen-bond acceptors (Lipinski definition) is 3. The van der Waals surface area contributed by atoms with Crippen LogP contribution in [-0.4, -0.2) is 25.5 Å². The van der Waals surface area contributed by atoms with E-state index in [9.17, 15) is 14.0 Å². The minimum Gasteiger partial charge on any atom is -0.496 e. The zero-order chi connectivity index (χ0) is 16.7. The first-order valence-electron chi connectivity index (χ1n) is 7.07. The van der Waals surface area contributed by atoms with Gasteiger partial charge in [-0.1, -0.05) is 24.3 Å². The molecule has 2 aromatic rings. The van der Waals surface area contributed by atoms with Crippen LogP contribution in [0.4, 0.5) is 10.1 Å². The number of nitrogens with one attached hydrogen (secondary N) is 2. The van der Waals surface area contributed by atoms with Crippen LogP contribution >= 0.6 is 0 Å². The van der Waals surface area contributed by atoms with E-state index in [0.717, 1.165) is 17.4 Å². The van der Waals surface area contributed by atoms with Crippen molar-refractivity contribution in [2.75, 3.05) is 19.0 Å². The number of benzene rings is 2. The maximum absolute atomic E-state index is 13.0. The lowest BCUT2D eigenvalue weighted by Gasteiger charge is -2.09. The molecule has 2 rings (SSSR count). The third-order valence-electron chi connectivity index (χ3n) is 3.16. The van der Waals surface area contributed by atoms with Gasteiger partial charge in [0.05, 0.1) is 7.11 Å². The summed E-state index contributed by atoms with van der Waals surface area (Å²) in [6.45, 7) is 0.287. The normalized spacial score (nSPS) is 10.0. The fraction of sp³-hybridized carbons (Fsp3) is 0.176. The highest BCUT2D eigenvalue weighted by atomic mass is 19.1. The number of ether oxygens (including phenoxy) is 1. The summed E-state index contributed by atoms with van der Waals surface area (Å²) < 4.78 is 18.2. The molecular weight excluding hydrogens is 299 g/mol. The van der Waals surface area contributed by atoms with Gasteiger partial charge in [-0.2, -0.15) is 0 Å². The van der Waals surface area contributed by atoms with E-state index in [1.165, 1.54) is 18.2 Å². The molecule has 120 valence electrons. The minimum absolute atomic E-state index is 0.231. The van der Waals surface area contributed by atoms with Crippen molar-refractivity contribution in [3.8, 4) is 5.75 Å². The number of carbonyl (C=O) groups is 2. The third-order valence-corrected chi connectivity index (χ3v) is 3.16. The molecule has 0 spiro atoms. The van der Waals surface area contributed by atoms with Crippen molar-refractivity contribution in [1.82, 2.24) is 5.32 Å². The first-order valence-corrected chi connectivity index (χ1v) is 7.07. The molecule has 0 unspecified atom stereocenters. The summed E-state index contributed by atoms with van der Waals surface area (Å²) in [6, 6.07) is 12.8. The molecule has 2 amide bonds. The monoisotopic (exact) mass is 316 g/mol. The van der Waals surface area contributed by atoms with Crippen molar-refractivity contribution in [1.29, 1.82) is 0 Å². The Bertz CT molecular complexity index is 704. The average molecular weight is 316 g/mol. The number of rotatable bonds is 5. The molecule has 5 nitrogen and oxygen atoms in total. The minimum atomic E-state index is -0.837. The highest BCUT2D eigenvalue weighted by Crippen LogP contribution is 2.17. The van der Waals surface area contributed by atoms with Gasteiger partial charge in [0, 0.05) is 12.2 Å². The molecule has 2 N–H and O–H groups in total. The average Bonchev–Trinajstić information content (AvgIpc) is 2.55. The fourth-order valence-corrected chi connectivity index (χ4v) is 2.05. The predicted octanol–water partition coefficient (Wildman–Crippen LogP) is 2.13. The zero-order valence-electron chi connectivity index (χ0n) is 12.6. The van der Waals surface area contributed by atoms with E-state index in [-0.39, 0.29) is 12.2 Å². The van der Waals surface area contributed by atoms with E-state index >= 15 is 0 Å². The second-order valence-corrected chi connectivity index (χ2v) is 4.78. The summed E-state index contributed by atoms with van der Waals surface area (Å²) in [5.41, 5.74) is 1.16. The standard InChI is InChI=1S/C17H17FN2O3/c1-23-15-8-3-2-5-12(15)9-10-19-16(21)17(22)20-14-7-4-6-13(18)11-14/h2-8,11H,9-10H2,1H3,(H,19,21)(H,20,22). The lowest BCUT2D eigenvalue weighted by molar-refractivity contribution is -0.136. The molecule has 2 aromatic carbocycles. The highest BCUT2D eigenvalue weighted by molar-refractivity contribution is 6.39. The van der Waals surface area contributed by atoms with Gasteiger partial charge >= 0.3 is 11.8 Å². The van der Waals surface area contributed by atoms with Crippen LogP contribution < -0.4 is 15.4 Å². The molecule has 0 radical (unpaired) electrons. The van der Waals surface area contributed by atoms with Crippen LogP contribution in [0.15, 0.2) is 48.5 Å². The largest absolute Gasteiger partial charge is 0.496 e. The Morgan fingerprint density at radius 2 is 1.87 bits per heavy atom. The number of amides is 2. The first kappa shape index (κ1) is 16.5. The topological polar surface area (TPSA) is 67.4 Å². The van der Waals surface area contributed by atoms with Gasteiger partial charge in [0.2, 0.25) is 0 Å². The van der Waals surface area contributed by atoms with Crippen LogP contribution in [0, 0.1) is 5.82 Å². The number of hydrogen-bond donors (Lipinski definition) is 2. The van der Waals surface area contributed by atoms with Crippen LogP contribution in [0.1, 0.15) is 5.56 Å². The molecular formula is C17H17FN2O3. The van der Waals surface area contributed by atoms with Gasteiger partial charge in [0.15, 0.2) is 0 Å². The Hall–Kier alpha value is -2.89. The van der Waals surface area contributed by atoms with Crippen molar-refractivity contribution < 1.29 is 18.7 Å². The molecule has 6 heteroatoms. The summed E-state index contributed by atoms with van der Waals surface area (Å²) in [4.78, 5) is 23.4. The number of para-hydroxylation sites is 1. The van der Waals surface area contributed by atoms with Crippen LogP contribution in [0.2, 0.25) is 0 Å². The summed E-state index contributed by atoms with van der Waals surface area (Å²) in [5, 5.41) is 4.85. The van der Waals surface area contributed by atoms with Crippen molar-refractivity contribution in [3.05, 3.63) is 59.9 Å². The molecule has 0 saturated carbocycles. The van der Waals surface area contributed by atoms with Crippen LogP contribution in [-0.2, 0) is 16.0 Å². The molecule has 0 fully saturated rings. The Labute approximate surface area is 133 Å². The summed E-state index contributed by atoms with van der Waals surface area (Å²) in [6.07, 6.45) is 0.531. The molecule has 0 aliphatic carbocycles. The van der Waals surface area contributed by atoms with E-state index in [1.54, 1.807) is 7.11 Å². The summed E-state index contributed by atoms with van der Waals surface area (Å²) in [7, 11) is 1.57. The lowest BCUT2D eigenvalue weighted by Crippen LogP contribution is -2.36. The van der Waals surface area contributed by atoms with E-state index in [1.807, 2.05) is 24.3 Å². The lowest BCUT2D eigenvalue weighted by atomic mass is 10.1. The van der Waals surface area contributed by atoms with E-state index in [0.29, 0.717) is 6.42 Å². The quantitative estimate of drug-likeness (QED) is 0.831. The van der Waals surface area contributed by atoms with Crippen LogP contribution in [0.25, 0.3) is 0 Å².